The van der Waals surface area contributed by atoms with E-state index in [0.29, 0.717) is 11.3 Å². The molecule has 0 aliphatic heterocycles. The number of rotatable bonds is 2. The summed E-state index contributed by atoms with van der Waals surface area (Å²) in [5.41, 5.74) is 9.81. The number of aryl methyl sites for hydroxylation is 1. The molecule has 1 heterocycles. The standard InChI is InChI=1S/C16H15N3O.ClH/c1-10-2-5-12(6-3-10)19-16(20)14-9-18-15-8-11(17)4-7-13(14)15;/h2-9,18H,17H2,1H3,(H,19,20);1H. The van der Waals surface area contributed by atoms with Crippen molar-refractivity contribution in [3.8, 4) is 0 Å². The number of hydrogen-bond acceptors (Lipinski definition) is 2. The second-order valence-electron chi connectivity index (χ2n) is 4.83. The molecule has 0 bridgehead atoms. The summed E-state index contributed by atoms with van der Waals surface area (Å²) in [4.78, 5) is 15.4. The number of carbonyl (C=O) groups is 1. The van der Waals surface area contributed by atoms with E-state index in [1.807, 2.05) is 43.3 Å². The fraction of sp³-hybridized carbons (Fsp3) is 0.0625. The molecular formula is C16H16ClN3O. The van der Waals surface area contributed by atoms with Gasteiger partial charge in [-0.15, -0.1) is 12.4 Å². The third-order valence-corrected chi connectivity index (χ3v) is 3.26. The molecule has 1 aromatic heterocycles. The number of hydrogen-bond donors (Lipinski definition) is 3. The zero-order chi connectivity index (χ0) is 14.1. The van der Waals surface area contributed by atoms with Crippen molar-refractivity contribution in [2.24, 2.45) is 0 Å². The van der Waals surface area contributed by atoms with Gasteiger partial charge in [0, 0.05) is 28.5 Å². The predicted octanol–water partition coefficient (Wildman–Crippen LogP) is 3.73. The second kappa shape index (κ2) is 5.89. The molecule has 4 nitrogen and oxygen atoms in total. The van der Waals surface area contributed by atoms with E-state index in [2.05, 4.69) is 10.3 Å². The van der Waals surface area contributed by atoms with Gasteiger partial charge in [0.25, 0.3) is 5.91 Å². The van der Waals surface area contributed by atoms with E-state index >= 15 is 0 Å². The van der Waals surface area contributed by atoms with E-state index in [9.17, 15) is 4.79 Å². The minimum atomic E-state index is -0.134. The molecule has 108 valence electrons. The minimum absolute atomic E-state index is 0. The van der Waals surface area contributed by atoms with Crippen LogP contribution < -0.4 is 11.1 Å². The van der Waals surface area contributed by atoms with Gasteiger partial charge in [-0.25, -0.2) is 0 Å². The van der Waals surface area contributed by atoms with Crippen molar-refractivity contribution in [3.63, 3.8) is 0 Å². The van der Waals surface area contributed by atoms with Crippen LogP contribution in [0.2, 0.25) is 0 Å². The first-order valence-electron chi connectivity index (χ1n) is 6.38. The summed E-state index contributed by atoms with van der Waals surface area (Å²) in [5, 5.41) is 3.75. The molecule has 0 radical (unpaired) electrons. The lowest BCUT2D eigenvalue weighted by Crippen LogP contribution is -2.11. The predicted molar refractivity (Wildman–Crippen MR) is 89.1 cm³/mol. The highest BCUT2D eigenvalue weighted by molar-refractivity contribution is 6.13. The molecule has 5 heteroatoms. The van der Waals surface area contributed by atoms with Gasteiger partial charge in [-0.1, -0.05) is 17.7 Å². The van der Waals surface area contributed by atoms with Crippen LogP contribution in [-0.4, -0.2) is 10.9 Å². The van der Waals surface area contributed by atoms with Crippen molar-refractivity contribution in [2.75, 3.05) is 11.1 Å². The lowest BCUT2D eigenvalue weighted by molar-refractivity contribution is 0.102. The van der Waals surface area contributed by atoms with Crippen LogP contribution >= 0.6 is 12.4 Å². The van der Waals surface area contributed by atoms with Gasteiger partial charge in [-0.2, -0.15) is 0 Å². The molecule has 3 aromatic rings. The SMILES string of the molecule is Cc1ccc(NC(=O)c2c[nH]c3cc(N)ccc23)cc1.Cl. The molecule has 0 fully saturated rings. The van der Waals surface area contributed by atoms with Crippen LogP contribution in [0.25, 0.3) is 10.9 Å². The van der Waals surface area contributed by atoms with E-state index in [0.717, 1.165) is 22.2 Å². The molecule has 0 spiro atoms. The summed E-state index contributed by atoms with van der Waals surface area (Å²) in [6, 6.07) is 13.2. The molecular weight excluding hydrogens is 286 g/mol. The third kappa shape index (κ3) is 3.01. The smallest absolute Gasteiger partial charge is 0.257 e. The van der Waals surface area contributed by atoms with Crippen LogP contribution in [0.5, 0.6) is 0 Å². The van der Waals surface area contributed by atoms with Crippen molar-refractivity contribution in [1.29, 1.82) is 0 Å². The first kappa shape index (κ1) is 14.9. The number of fused-ring (bicyclic) bond motifs is 1. The summed E-state index contributed by atoms with van der Waals surface area (Å²) < 4.78 is 0. The average molecular weight is 302 g/mol. The lowest BCUT2D eigenvalue weighted by atomic mass is 10.1. The second-order valence-corrected chi connectivity index (χ2v) is 4.83. The Hall–Kier alpha value is -2.46. The maximum atomic E-state index is 12.3. The van der Waals surface area contributed by atoms with Crippen molar-refractivity contribution < 1.29 is 4.79 Å². The Morgan fingerprint density at radius 3 is 2.57 bits per heavy atom. The molecule has 0 saturated heterocycles. The fourth-order valence-electron chi connectivity index (χ4n) is 2.17. The number of amides is 1. The maximum Gasteiger partial charge on any atom is 0.257 e. The zero-order valence-corrected chi connectivity index (χ0v) is 12.3. The highest BCUT2D eigenvalue weighted by Gasteiger charge is 2.12. The summed E-state index contributed by atoms with van der Waals surface area (Å²) in [5.74, 6) is -0.134. The summed E-state index contributed by atoms with van der Waals surface area (Å²) in [7, 11) is 0. The number of nitrogen functional groups attached to an aromatic ring is 1. The van der Waals surface area contributed by atoms with Gasteiger partial charge < -0.3 is 16.0 Å². The number of halogens is 1. The molecule has 0 saturated carbocycles. The van der Waals surface area contributed by atoms with Crippen LogP contribution in [0.15, 0.2) is 48.7 Å². The average Bonchev–Trinajstić information content (AvgIpc) is 2.84. The number of nitrogens with two attached hydrogens (primary N) is 1. The van der Waals surface area contributed by atoms with Crippen molar-refractivity contribution in [3.05, 3.63) is 59.8 Å². The number of aromatic nitrogens is 1. The van der Waals surface area contributed by atoms with Crippen molar-refractivity contribution in [1.82, 2.24) is 4.98 Å². The van der Waals surface area contributed by atoms with E-state index < -0.39 is 0 Å². The van der Waals surface area contributed by atoms with Crippen LogP contribution in [0, 0.1) is 6.92 Å². The molecule has 4 N–H and O–H groups in total. The molecule has 1 amide bonds. The van der Waals surface area contributed by atoms with Gasteiger partial charge in [0.05, 0.1) is 5.56 Å². The first-order valence-corrected chi connectivity index (χ1v) is 6.38. The number of H-pyrrole nitrogens is 1. The van der Waals surface area contributed by atoms with Crippen molar-refractivity contribution in [2.45, 2.75) is 6.92 Å². The minimum Gasteiger partial charge on any atom is -0.399 e. The number of carbonyl (C=O) groups excluding carboxylic acids is 1. The Kier molecular flexibility index (Phi) is 4.19. The van der Waals surface area contributed by atoms with Gasteiger partial charge >= 0.3 is 0 Å². The van der Waals surface area contributed by atoms with Crippen LogP contribution in [0.3, 0.4) is 0 Å². The van der Waals surface area contributed by atoms with Crippen LogP contribution in [0.1, 0.15) is 15.9 Å². The summed E-state index contributed by atoms with van der Waals surface area (Å²) in [6.45, 7) is 2.01. The van der Waals surface area contributed by atoms with Crippen molar-refractivity contribution >= 4 is 40.6 Å². The lowest BCUT2D eigenvalue weighted by Gasteiger charge is -2.04. The fourth-order valence-corrected chi connectivity index (χ4v) is 2.17. The van der Waals surface area contributed by atoms with E-state index in [1.54, 1.807) is 12.3 Å². The topological polar surface area (TPSA) is 70.9 Å². The van der Waals surface area contributed by atoms with Gasteiger partial charge in [0.1, 0.15) is 0 Å². The normalized spacial score (nSPS) is 10.1. The van der Waals surface area contributed by atoms with E-state index in [-0.39, 0.29) is 18.3 Å². The highest BCUT2D eigenvalue weighted by atomic mass is 35.5. The Labute approximate surface area is 128 Å². The highest BCUT2D eigenvalue weighted by Crippen LogP contribution is 2.21. The van der Waals surface area contributed by atoms with Gasteiger partial charge in [-0.05, 0) is 37.3 Å². The summed E-state index contributed by atoms with van der Waals surface area (Å²) >= 11 is 0. The number of anilines is 2. The van der Waals surface area contributed by atoms with Crippen LogP contribution in [0.4, 0.5) is 11.4 Å². The quantitative estimate of drug-likeness (QED) is 0.631. The molecule has 0 unspecified atom stereocenters. The summed E-state index contributed by atoms with van der Waals surface area (Å²) in [6.07, 6.45) is 1.70. The Morgan fingerprint density at radius 2 is 1.86 bits per heavy atom. The van der Waals surface area contributed by atoms with Gasteiger partial charge in [0.15, 0.2) is 0 Å². The zero-order valence-electron chi connectivity index (χ0n) is 11.5. The van der Waals surface area contributed by atoms with E-state index in [1.165, 1.54) is 0 Å². The van der Waals surface area contributed by atoms with E-state index in [4.69, 9.17) is 5.73 Å². The third-order valence-electron chi connectivity index (χ3n) is 3.26. The Bertz CT molecular complexity index is 778. The monoisotopic (exact) mass is 301 g/mol. The largest absolute Gasteiger partial charge is 0.399 e. The molecule has 0 aliphatic carbocycles. The first-order chi connectivity index (χ1) is 9.63. The molecule has 21 heavy (non-hydrogen) atoms. The Morgan fingerprint density at radius 1 is 1.14 bits per heavy atom. The number of aromatic amines is 1. The molecule has 0 aliphatic rings. The maximum absolute atomic E-state index is 12.3. The van der Waals surface area contributed by atoms with Gasteiger partial charge in [-0.3, -0.25) is 4.79 Å². The number of benzene rings is 2. The number of nitrogens with one attached hydrogen (secondary N) is 2. The van der Waals surface area contributed by atoms with Crippen LogP contribution in [-0.2, 0) is 0 Å². The molecule has 3 rings (SSSR count). The molecule has 0 atom stereocenters. The van der Waals surface area contributed by atoms with Gasteiger partial charge in [0.2, 0.25) is 0 Å². The Balaban J connectivity index is 0.00000161. The molecule has 2 aromatic carbocycles.